The molecule has 1 aromatic carbocycles. The van der Waals surface area contributed by atoms with Crippen molar-refractivity contribution in [1.82, 2.24) is 9.47 Å². The van der Waals surface area contributed by atoms with Gasteiger partial charge in [-0.15, -0.1) is 0 Å². The van der Waals surface area contributed by atoms with Crippen molar-refractivity contribution in [3.8, 4) is 0 Å². The van der Waals surface area contributed by atoms with E-state index < -0.39 is 0 Å². The van der Waals surface area contributed by atoms with Crippen molar-refractivity contribution in [2.45, 2.75) is 39.0 Å². The van der Waals surface area contributed by atoms with E-state index in [9.17, 15) is 9.59 Å². The van der Waals surface area contributed by atoms with E-state index in [0.717, 1.165) is 11.3 Å². The van der Waals surface area contributed by atoms with Gasteiger partial charge in [-0.3, -0.25) is 9.59 Å². The monoisotopic (exact) mass is 346 g/mol. The number of hydrogen-bond acceptors (Lipinski definition) is 4. The van der Waals surface area contributed by atoms with Crippen LogP contribution in [0.3, 0.4) is 0 Å². The van der Waals surface area contributed by atoms with Crippen molar-refractivity contribution < 1.29 is 9.53 Å². The molecular weight excluding hydrogens is 324 g/mol. The summed E-state index contributed by atoms with van der Waals surface area (Å²) < 4.78 is 7.44. The summed E-state index contributed by atoms with van der Waals surface area (Å²) in [4.78, 5) is 26.5. The van der Waals surface area contributed by atoms with Crippen LogP contribution in [0.1, 0.15) is 30.6 Å². The Morgan fingerprint density at radius 1 is 1.33 bits per heavy atom. The van der Waals surface area contributed by atoms with Crippen LogP contribution in [0.15, 0.2) is 40.5 Å². The van der Waals surface area contributed by atoms with Crippen molar-refractivity contribution >= 4 is 17.2 Å². The Balaban J connectivity index is 1.74. The van der Waals surface area contributed by atoms with Crippen molar-refractivity contribution in [1.29, 1.82) is 0 Å². The Morgan fingerprint density at radius 3 is 2.75 bits per heavy atom. The summed E-state index contributed by atoms with van der Waals surface area (Å²) in [5, 5.41) is 1.83. The molecular formula is C18H22N2O3S. The van der Waals surface area contributed by atoms with Crippen LogP contribution in [-0.2, 0) is 16.1 Å². The third kappa shape index (κ3) is 3.60. The van der Waals surface area contributed by atoms with Gasteiger partial charge < -0.3 is 14.2 Å². The van der Waals surface area contributed by atoms with E-state index in [1.165, 1.54) is 11.3 Å². The first-order valence-electron chi connectivity index (χ1n) is 8.17. The van der Waals surface area contributed by atoms with Crippen LogP contribution in [0.2, 0.25) is 0 Å². The van der Waals surface area contributed by atoms with E-state index in [2.05, 4.69) is 0 Å². The molecule has 2 heterocycles. The number of nitrogens with zero attached hydrogens (tertiary/aromatic N) is 2. The standard InChI is InChI=1S/C18H22N2O3S/c1-13-12-24-18(22)19(13)9-8-17(21)20-10-14(2)23-11-16(20)15-6-4-3-5-7-15/h3-7,12,14,16H,8-11H2,1-2H3. The number of aryl methyl sites for hydroxylation is 1. The van der Waals surface area contributed by atoms with Gasteiger partial charge in [-0.2, -0.15) is 0 Å². The topological polar surface area (TPSA) is 51.5 Å². The van der Waals surface area contributed by atoms with Gasteiger partial charge in [0.1, 0.15) is 0 Å². The summed E-state index contributed by atoms with van der Waals surface area (Å²) in [6.07, 6.45) is 0.354. The lowest BCUT2D eigenvalue weighted by atomic mass is 10.0. The molecule has 1 saturated heterocycles. The number of amides is 1. The molecule has 2 atom stereocenters. The van der Waals surface area contributed by atoms with Gasteiger partial charge in [0.05, 0.1) is 18.8 Å². The van der Waals surface area contributed by atoms with E-state index in [4.69, 9.17) is 4.74 Å². The van der Waals surface area contributed by atoms with Crippen LogP contribution in [0.5, 0.6) is 0 Å². The van der Waals surface area contributed by atoms with Crippen LogP contribution in [0, 0.1) is 6.92 Å². The van der Waals surface area contributed by atoms with Gasteiger partial charge in [-0.05, 0) is 19.4 Å². The Bertz CT molecular complexity index is 753. The van der Waals surface area contributed by atoms with E-state index in [0.29, 0.717) is 26.1 Å². The third-order valence-electron chi connectivity index (χ3n) is 4.40. The fourth-order valence-electron chi connectivity index (χ4n) is 3.05. The molecule has 24 heavy (non-hydrogen) atoms. The van der Waals surface area contributed by atoms with Crippen molar-refractivity contribution in [3.05, 3.63) is 56.6 Å². The molecule has 0 spiro atoms. The van der Waals surface area contributed by atoms with E-state index in [1.807, 2.05) is 54.5 Å². The predicted octanol–water partition coefficient (Wildman–Crippen LogP) is 2.60. The van der Waals surface area contributed by atoms with E-state index in [-0.39, 0.29) is 22.9 Å². The van der Waals surface area contributed by atoms with Crippen LogP contribution in [-0.4, -0.2) is 34.6 Å². The van der Waals surface area contributed by atoms with Crippen molar-refractivity contribution in [3.63, 3.8) is 0 Å². The summed E-state index contributed by atoms with van der Waals surface area (Å²) in [5.74, 6) is 0.0662. The number of thiazole rings is 1. The third-order valence-corrected chi connectivity index (χ3v) is 5.28. The minimum atomic E-state index is -0.0600. The molecule has 1 amide bonds. The highest BCUT2D eigenvalue weighted by atomic mass is 32.1. The molecule has 128 valence electrons. The van der Waals surface area contributed by atoms with Gasteiger partial charge in [0, 0.05) is 30.6 Å². The second-order valence-corrected chi connectivity index (χ2v) is 6.98. The molecule has 1 fully saturated rings. The maximum atomic E-state index is 12.8. The summed E-state index contributed by atoms with van der Waals surface area (Å²) in [6.45, 7) is 5.39. The number of carbonyl (C=O) groups is 1. The van der Waals surface area contributed by atoms with Gasteiger partial charge in [0.15, 0.2) is 0 Å². The smallest absolute Gasteiger partial charge is 0.307 e. The fourth-order valence-corrected chi connectivity index (χ4v) is 3.82. The zero-order chi connectivity index (χ0) is 17.1. The zero-order valence-electron chi connectivity index (χ0n) is 14.0. The van der Waals surface area contributed by atoms with Crippen molar-refractivity contribution in [2.75, 3.05) is 13.2 Å². The molecule has 0 aliphatic carbocycles. The number of morpholine rings is 1. The molecule has 1 aliphatic rings. The summed E-state index contributed by atoms with van der Waals surface area (Å²) >= 11 is 1.18. The predicted molar refractivity (Wildman–Crippen MR) is 94.2 cm³/mol. The molecule has 1 aliphatic heterocycles. The minimum absolute atomic E-state index is 0.00439. The van der Waals surface area contributed by atoms with Gasteiger partial charge in [-0.1, -0.05) is 41.7 Å². The minimum Gasteiger partial charge on any atom is -0.374 e. The lowest BCUT2D eigenvalue weighted by Gasteiger charge is -2.39. The lowest BCUT2D eigenvalue weighted by Crippen LogP contribution is -2.47. The lowest BCUT2D eigenvalue weighted by molar-refractivity contribution is -0.144. The van der Waals surface area contributed by atoms with Gasteiger partial charge in [0.25, 0.3) is 0 Å². The normalized spacial score (nSPS) is 21.0. The molecule has 2 unspecified atom stereocenters. The Kier molecular flexibility index (Phi) is 5.16. The number of carbonyl (C=O) groups excluding carboxylic acids is 1. The molecule has 1 aromatic heterocycles. The Hall–Kier alpha value is -1.92. The quantitative estimate of drug-likeness (QED) is 0.855. The summed E-state index contributed by atoms with van der Waals surface area (Å²) in [5.41, 5.74) is 1.99. The second-order valence-electron chi connectivity index (χ2n) is 6.16. The van der Waals surface area contributed by atoms with Crippen LogP contribution < -0.4 is 4.87 Å². The number of ether oxygens (including phenoxy) is 1. The molecule has 0 saturated carbocycles. The highest BCUT2D eigenvalue weighted by molar-refractivity contribution is 7.07. The largest absolute Gasteiger partial charge is 0.374 e. The SMILES string of the molecule is Cc1csc(=O)n1CCC(=O)N1CC(C)OCC1c1ccccc1. The first-order valence-corrected chi connectivity index (χ1v) is 9.05. The number of rotatable bonds is 4. The maximum Gasteiger partial charge on any atom is 0.307 e. The zero-order valence-corrected chi connectivity index (χ0v) is 14.8. The Morgan fingerprint density at radius 2 is 2.08 bits per heavy atom. The van der Waals surface area contributed by atoms with E-state index >= 15 is 0 Å². The molecule has 0 bridgehead atoms. The number of hydrogen-bond donors (Lipinski definition) is 0. The van der Waals surface area contributed by atoms with Crippen LogP contribution in [0.4, 0.5) is 0 Å². The maximum absolute atomic E-state index is 12.8. The highest BCUT2D eigenvalue weighted by Crippen LogP contribution is 2.26. The second kappa shape index (κ2) is 7.32. The average molecular weight is 346 g/mol. The Labute approximate surface area is 145 Å². The summed E-state index contributed by atoms with van der Waals surface area (Å²) in [6, 6.07) is 9.91. The first kappa shape index (κ1) is 16.9. The summed E-state index contributed by atoms with van der Waals surface area (Å²) in [7, 11) is 0. The van der Waals surface area contributed by atoms with E-state index in [1.54, 1.807) is 4.57 Å². The molecule has 0 N–H and O–H groups in total. The van der Waals surface area contributed by atoms with Gasteiger partial charge in [0.2, 0.25) is 5.91 Å². The molecule has 2 aromatic rings. The highest BCUT2D eigenvalue weighted by Gasteiger charge is 2.31. The van der Waals surface area contributed by atoms with Gasteiger partial charge >= 0.3 is 4.87 Å². The van der Waals surface area contributed by atoms with Crippen molar-refractivity contribution in [2.24, 2.45) is 0 Å². The average Bonchev–Trinajstić information content (AvgIpc) is 2.91. The van der Waals surface area contributed by atoms with Gasteiger partial charge in [-0.25, -0.2) is 0 Å². The molecule has 3 rings (SSSR count). The molecule has 6 heteroatoms. The molecule has 0 radical (unpaired) electrons. The number of aromatic nitrogens is 1. The number of benzene rings is 1. The van der Waals surface area contributed by atoms with Crippen LogP contribution in [0.25, 0.3) is 0 Å². The molecule has 5 nitrogen and oxygen atoms in total. The van der Waals surface area contributed by atoms with Crippen LogP contribution >= 0.6 is 11.3 Å². The fraction of sp³-hybridized carbons (Fsp3) is 0.444. The first-order chi connectivity index (χ1) is 11.6.